The van der Waals surface area contributed by atoms with Crippen molar-refractivity contribution in [3.63, 3.8) is 0 Å². The Hall–Kier alpha value is -1.49. The van der Waals surface area contributed by atoms with E-state index < -0.39 is 5.95 Å². The lowest BCUT2D eigenvalue weighted by Gasteiger charge is -2.14. The summed E-state index contributed by atoms with van der Waals surface area (Å²) in [6, 6.07) is 4.42. The van der Waals surface area contributed by atoms with Crippen LogP contribution in [-0.2, 0) is 4.79 Å². The molecule has 15 heavy (non-hydrogen) atoms. The van der Waals surface area contributed by atoms with Crippen molar-refractivity contribution >= 4 is 11.7 Å². The van der Waals surface area contributed by atoms with E-state index in [0.717, 1.165) is 0 Å². The molecular formula is C10H12FN3O. The van der Waals surface area contributed by atoms with Gasteiger partial charge in [-0.2, -0.15) is 4.39 Å². The van der Waals surface area contributed by atoms with Gasteiger partial charge in [-0.3, -0.25) is 9.69 Å². The van der Waals surface area contributed by atoms with Crippen LogP contribution in [0.2, 0.25) is 0 Å². The second-order valence-corrected chi connectivity index (χ2v) is 3.63. The number of anilines is 1. The van der Waals surface area contributed by atoms with Gasteiger partial charge >= 0.3 is 0 Å². The summed E-state index contributed by atoms with van der Waals surface area (Å²) >= 11 is 0. The lowest BCUT2D eigenvalue weighted by atomic mass is 10.1. The lowest BCUT2D eigenvalue weighted by molar-refractivity contribution is -0.117. The van der Waals surface area contributed by atoms with Crippen LogP contribution in [0.4, 0.5) is 10.2 Å². The van der Waals surface area contributed by atoms with Crippen LogP contribution in [-0.4, -0.2) is 24.0 Å². The molecule has 1 aromatic heterocycles. The monoisotopic (exact) mass is 209 g/mol. The molecule has 0 aromatic carbocycles. The van der Waals surface area contributed by atoms with Crippen molar-refractivity contribution in [1.29, 1.82) is 0 Å². The molecule has 0 saturated carbocycles. The van der Waals surface area contributed by atoms with Crippen molar-refractivity contribution in [3.05, 3.63) is 24.1 Å². The van der Waals surface area contributed by atoms with Gasteiger partial charge in [0, 0.05) is 13.0 Å². The summed E-state index contributed by atoms with van der Waals surface area (Å²) in [7, 11) is 0. The molecule has 1 atom stereocenters. The fraction of sp³-hybridized carbons (Fsp3) is 0.400. The average Bonchev–Trinajstić information content (AvgIpc) is 2.60. The van der Waals surface area contributed by atoms with Gasteiger partial charge in [0.15, 0.2) is 0 Å². The molecule has 1 amide bonds. The van der Waals surface area contributed by atoms with Crippen molar-refractivity contribution in [3.8, 4) is 0 Å². The summed E-state index contributed by atoms with van der Waals surface area (Å²) in [4.78, 5) is 16.7. The number of nitrogens with two attached hydrogens (primary N) is 1. The predicted molar refractivity (Wildman–Crippen MR) is 53.7 cm³/mol. The van der Waals surface area contributed by atoms with Gasteiger partial charge in [-0.05, 0) is 24.6 Å². The number of carbonyl (C=O) groups is 1. The molecule has 1 aromatic rings. The first-order valence-corrected chi connectivity index (χ1v) is 4.83. The van der Waals surface area contributed by atoms with Crippen LogP contribution in [0.25, 0.3) is 0 Å². The Balaban J connectivity index is 2.21. The molecule has 2 N–H and O–H groups in total. The second kappa shape index (κ2) is 3.94. The molecule has 4 nitrogen and oxygen atoms in total. The highest BCUT2D eigenvalue weighted by Crippen LogP contribution is 2.22. The van der Waals surface area contributed by atoms with E-state index in [2.05, 4.69) is 4.98 Å². The maximum atomic E-state index is 12.9. The summed E-state index contributed by atoms with van der Waals surface area (Å²) in [6.07, 6.45) is 0.425. The Bertz CT molecular complexity index is 383. The summed E-state index contributed by atoms with van der Waals surface area (Å²) in [5, 5.41) is 0. The van der Waals surface area contributed by atoms with Crippen molar-refractivity contribution in [1.82, 2.24) is 4.98 Å². The maximum absolute atomic E-state index is 12.9. The number of halogens is 1. The Morgan fingerprint density at radius 1 is 1.60 bits per heavy atom. The third-order valence-electron chi connectivity index (χ3n) is 2.52. The quantitative estimate of drug-likeness (QED) is 0.723. The van der Waals surface area contributed by atoms with E-state index in [1.54, 1.807) is 12.1 Å². The number of pyridine rings is 1. The van der Waals surface area contributed by atoms with Crippen molar-refractivity contribution in [2.45, 2.75) is 6.42 Å². The van der Waals surface area contributed by atoms with E-state index in [1.807, 2.05) is 0 Å². The standard InChI is InChI=1S/C10H12FN3O/c11-8-2-1-3-9(13-8)14-6-7(5-12)4-10(14)15/h1-3,7H,4-6,12H2. The van der Waals surface area contributed by atoms with Gasteiger partial charge in [0.25, 0.3) is 0 Å². The third-order valence-corrected chi connectivity index (χ3v) is 2.52. The summed E-state index contributed by atoms with van der Waals surface area (Å²) in [5.74, 6) is -0.0847. The average molecular weight is 209 g/mol. The Kier molecular flexibility index (Phi) is 2.64. The molecule has 0 aliphatic carbocycles. The molecule has 5 heteroatoms. The first-order valence-electron chi connectivity index (χ1n) is 4.83. The minimum Gasteiger partial charge on any atom is -0.330 e. The highest BCUT2D eigenvalue weighted by Gasteiger charge is 2.30. The van der Waals surface area contributed by atoms with Crippen LogP contribution in [0.3, 0.4) is 0 Å². The zero-order chi connectivity index (χ0) is 10.8. The molecule has 80 valence electrons. The molecule has 1 unspecified atom stereocenters. The largest absolute Gasteiger partial charge is 0.330 e. The first-order chi connectivity index (χ1) is 7.20. The Labute approximate surface area is 86.9 Å². The normalized spacial score (nSPS) is 21.1. The number of rotatable bonds is 2. The van der Waals surface area contributed by atoms with Crippen molar-refractivity contribution in [2.24, 2.45) is 11.7 Å². The minimum absolute atomic E-state index is 0.0384. The molecule has 0 radical (unpaired) electrons. The van der Waals surface area contributed by atoms with E-state index in [9.17, 15) is 9.18 Å². The second-order valence-electron chi connectivity index (χ2n) is 3.63. The SMILES string of the molecule is NCC1CC(=O)N(c2cccc(F)n2)C1. The molecule has 0 bridgehead atoms. The van der Waals surface area contributed by atoms with Gasteiger partial charge in [-0.25, -0.2) is 4.98 Å². The van der Waals surface area contributed by atoms with Gasteiger partial charge in [0.1, 0.15) is 5.82 Å². The number of amides is 1. The zero-order valence-corrected chi connectivity index (χ0v) is 8.19. The smallest absolute Gasteiger partial charge is 0.228 e. The van der Waals surface area contributed by atoms with Crippen LogP contribution in [0.5, 0.6) is 0 Å². The molecule has 1 saturated heterocycles. The van der Waals surface area contributed by atoms with E-state index in [-0.39, 0.29) is 11.8 Å². The molecule has 1 aliphatic rings. The number of hydrogen-bond acceptors (Lipinski definition) is 3. The van der Waals surface area contributed by atoms with Gasteiger partial charge in [0.05, 0.1) is 0 Å². The molecular weight excluding hydrogens is 197 g/mol. The van der Waals surface area contributed by atoms with Crippen molar-refractivity contribution < 1.29 is 9.18 Å². The zero-order valence-electron chi connectivity index (χ0n) is 8.19. The van der Waals surface area contributed by atoms with Gasteiger partial charge < -0.3 is 5.73 Å². The van der Waals surface area contributed by atoms with E-state index >= 15 is 0 Å². The highest BCUT2D eigenvalue weighted by molar-refractivity contribution is 5.94. The third kappa shape index (κ3) is 1.97. The van der Waals surface area contributed by atoms with E-state index in [4.69, 9.17) is 5.73 Å². The number of carbonyl (C=O) groups excluding carboxylic acids is 1. The fourth-order valence-electron chi connectivity index (χ4n) is 1.71. The first kappa shape index (κ1) is 10.0. The highest BCUT2D eigenvalue weighted by atomic mass is 19.1. The van der Waals surface area contributed by atoms with Crippen LogP contribution in [0.15, 0.2) is 18.2 Å². The molecule has 2 heterocycles. The fourth-order valence-corrected chi connectivity index (χ4v) is 1.71. The summed E-state index contributed by atoms with van der Waals surface area (Å²) in [5.41, 5.74) is 5.49. The lowest BCUT2D eigenvalue weighted by Crippen LogP contribution is -2.26. The van der Waals surface area contributed by atoms with Crippen LogP contribution >= 0.6 is 0 Å². The van der Waals surface area contributed by atoms with Crippen molar-refractivity contribution in [2.75, 3.05) is 18.0 Å². The molecule has 0 spiro atoms. The molecule has 1 aliphatic heterocycles. The van der Waals surface area contributed by atoms with Gasteiger partial charge in [-0.1, -0.05) is 6.07 Å². The van der Waals surface area contributed by atoms with Crippen LogP contribution in [0.1, 0.15) is 6.42 Å². The maximum Gasteiger partial charge on any atom is 0.228 e. The Morgan fingerprint density at radius 2 is 2.40 bits per heavy atom. The van der Waals surface area contributed by atoms with Gasteiger partial charge in [0.2, 0.25) is 11.9 Å². The summed E-state index contributed by atoms with van der Waals surface area (Å²) in [6.45, 7) is 1.00. The number of hydrogen-bond donors (Lipinski definition) is 1. The van der Waals surface area contributed by atoms with Crippen LogP contribution in [0, 0.1) is 11.9 Å². The topological polar surface area (TPSA) is 59.2 Å². The van der Waals surface area contributed by atoms with E-state index in [0.29, 0.717) is 25.3 Å². The number of aromatic nitrogens is 1. The predicted octanol–water partition coefficient (Wildman–Crippen LogP) is 0.532. The molecule has 2 rings (SSSR count). The minimum atomic E-state index is -0.573. The van der Waals surface area contributed by atoms with Crippen LogP contribution < -0.4 is 10.6 Å². The Morgan fingerprint density at radius 3 is 3.00 bits per heavy atom. The molecule has 1 fully saturated rings. The van der Waals surface area contributed by atoms with Gasteiger partial charge in [-0.15, -0.1) is 0 Å². The van der Waals surface area contributed by atoms with E-state index in [1.165, 1.54) is 11.0 Å². The summed E-state index contributed by atoms with van der Waals surface area (Å²) < 4.78 is 12.9. The number of nitrogens with zero attached hydrogens (tertiary/aromatic N) is 2.